The van der Waals surface area contributed by atoms with Gasteiger partial charge in [0.1, 0.15) is 0 Å². The molecule has 0 N–H and O–H groups in total. The van der Waals surface area contributed by atoms with E-state index in [2.05, 4.69) is 9.22 Å². The zero-order chi connectivity index (χ0) is 5.28. The van der Waals surface area contributed by atoms with E-state index in [1.165, 1.54) is 0 Å². The standard InChI is InChI=1S/C2BF2NO/c4-1-2(5)7-3-6-1. The molecule has 0 spiro atoms. The van der Waals surface area contributed by atoms with E-state index in [0.717, 1.165) is 0 Å². The minimum atomic E-state index is -1.26. The number of halogens is 2. The van der Waals surface area contributed by atoms with Gasteiger partial charge >= 0.3 is 37.2 Å². The van der Waals surface area contributed by atoms with E-state index < -0.39 is 12.0 Å². The summed E-state index contributed by atoms with van der Waals surface area (Å²) >= 11 is 0. The van der Waals surface area contributed by atoms with Gasteiger partial charge in [0.25, 0.3) is 0 Å². The van der Waals surface area contributed by atoms with Crippen molar-refractivity contribution in [2.75, 3.05) is 0 Å². The molecule has 0 unspecified atom stereocenters. The molecule has 1 rings (SSSR count). The first kappa shape index (κ1) is 4.42. The Hall–Kier alpha value is -0.735. The fourth-order valence-electron chi connectivity index (χ4n) is 0.218. The summed E-state index contributed by atoms with van der Waals surface area (Å²) in [4.78, 5) is 2.81. The molecule has 7 heavy (non-hydrogen) atoms. The van der Waals surface area contributed by atoms with Crippen LogP contribution in [0.5, 0.6) is 0 Å². The molecule has 0 saturated heterocycles. The summed E-state index contributed by atoms with van der Waals surface area (Å²) in [6, 6.07) is -1.26. The molecule has 0 bridgehead atoms. The number of hydrogen-bond acceptors (Lipinski definition) is 2. The van der Waals surface area contributed by atoms with Crippen LogP contribution in [-0.2, 0) is 0 Å². The Kier molecular flexibility index (Phi) is 0.886. The van der Waals surface area contributed by atoms with Crippen molar-refractivity contribution in [2.45, 2.75) is 0 Å². The fraction of sp³-hybridized carbons (Fsp3) is 0. The summed E-state index contributed by atoms with van der Waals surface area (Å²) in [5.41, 5.74) is 0. The molecule has 0 atom stereocenters. The van der Waals surface area contributed by atoms with E-state index in [4.69, 9.17) is 0 Å². The summed E-state index contributed by atoms with van der Waals surface area (Å²) in [7, 11) is 0.699. The van der Waals surface area contributed by atoms with Crippen molar-refractivity contribution in [1.82, 2.24) is 4.89 Å². The molecule has 2 nitrogen and oxygen atoms in total. The van der Waals surface area contributed by atoms with Crippen molar-refractivity contribution >= 4 is 7.27 Å². The summed E-state index contributed by atoms with van der Waals surface area (Å²) < 4.78 is 26.8. The van der Waals surface area contributed by atoms with Crippen LogP contribution in [0.2, 0.25) is 0 Å². The van der Waals surface area contributed by atoms with Gasteiger partial charge in [-0.05, 0) is 0 Å². The third kappa shape index (κ3) is 0.654. The van der Waals surface area contributed by atoms with Crippen LogP contribution >= 0.6 is 0 Å². The zero-order valence-corrected chi connectivity index (χ0v) is 3.19. The molecule has 0 aromatic carbocycles. The van der Waals surface area contributed by atoms with E-state index in [1.807, 2.05) is 0 Å². The van der Waals surface area contributed by atoms with E-state index in [-0.39, 0.29) is 0 Å². The van der Waals surface area contributed by atoms with Crippen LogP contribution in [0.3, 0.4) is 0 Å². The molecule has 1 aromatic heterocycles. The molecule has 1 heterocycles. The van der Waals surface area contributed by atoms with Crippen LogP contribution in [0.25, 0.3) is 0 Å². The van der Waals surface area contributed by atoms with Gasteiger partial charge in [0.15, 0.2) is 0 Å². The fourth-order valence-corrected chi connectivity index (χ4v) is 0.218. The number of nitrogens with zero attached hydrogens (tertiary/aromatic N) is 1. The molecule has 0 saturated carbocycles. The molecule has 0 radical (unpaired) electrons. The molecular formula is C2BF2NO. The average Bonchev–Trinajstić information content (AvgIpc) is 1.91. The molecular weight excluding hydrogens is 103 g/mol. The zero-order valence-electron chi connectivity index (χ0n) is 3.19. The topological polar surface area (TPSA) is 26.0 Å². The van der Waals surface area contributed by atoms with Gasteiger partial charge in [-0.3, -0.25) is 0 Å². The van der Waals surface area contributed by atoms with Crippen molar-refractivity contribution in [3.05, 3.63) is 12.0 Å². The quantitative estimate of drug-likeness (QED) is 0.471. The molecule has 0 aliphatic heterocycles. The van der Waals surface area contributed by atoms with Crippen LogP contribution in [-0.4, -0.2) is 12.2 Å². The van der Waals surface area contributed by atoms with Gasteiger partial charge in [0.2, 0.25) is 0 Å². The van der Waals surface area contributed by atoms with Crippen molar-refractivity contribution in [3.8, 4) is 0 Å². The van der Waals surface area contributed by atoms with Crippen LogP contribution in [0.1, 0.15) is 0 Å². The first-order valence-electron chi connectivity index (χ1n) is 1.55. The first-order chi connectivity index (χ1) is 3.30. The molecule has 36 valence electrons. The average molecular weight is 103 g/mol. The van der Waals surface area contributed by atoms with E-state index in [1.54, 1.807) is 0 Å². The third-order valence-electron chi connectivity index (χ3n) is 0.484. The monoisotopic (exact) mass is 103 g/mol. The predicted molar refractivity (Wildman–Crippen MR) is 17.8 cm³/mol. The van der Waals surface area contributed by atoms with Gasteiger partial charge in [-0.15, -0.1) is 0 Å². The third-order valence-corrected chi connectivity index (χ3v) is 0.484. The molecule has 0 fully saturated rings. The van der Waals surface area contributed by atoms with E-state index >= 15 is 0 Å². The van der Waals surface area contributed by atoms with Gasteiger partial charge in [0.05, 0.1) is 0 Å². The normalized spacial score (nSPS) is 8.86. The SMILES string of the molecule is Fc1nboc1F. The summed E-state index contributed by atoms with van der Waals surface area (Å²) in [6.07, 6.45) is 0. The maximum absolute atomic E-state index is 11.5. The van der Waals surface area contributed by atoms with Crippen molar-refractivity contribution in [3.63, 3.8) is 0 Å². The number of hydrogen-bond donors (Lipinski definition) is 0. The van der Waals surface area contributed by atoms with Gasteiger partial charge in [0, 0.05) is 0 Å². The van der Waals surface area contributed by atoms with Gasteiger partial charge in [-0.25, -0.2) is 0 Å². The molecule has 1 aromatic rings. The molecule has 5 heteroatoms. The second-order valence-electron chi connectivity index (χ2n) is 0.917. The second kappa shape index (κ2) is 1.40. The van der Waals surface area contributed by atoms with Gasteiger partial charge in [-0.1, -0.05) is 0 Å². The second-order valence-corrected chi connectivity index (χ2v) is 0.917. The molecule has 0 amide bonds. The van der Waals surface area contributed by atoms with Crippen molar-refractivity contribution in [1.29, 1.82) is 0 Å². The predicted octanol–water partition coefficient (Wildman–Crippen LogP) is 0.291. The Balaban J connectivity index is 3.12. The molecule has 0 aliphatic rings. The van der Waals surface area contributed by atoms with E-state index in [0.29, 0.717) is 7.27 Å². The Labute approximate surface area is 38.4 Å². The maximum atomic E-state index is 11.5. The Morgan fingerprint density at radius 2 is 2.29 bits per heavy atom. The van der Waals surface area contributed by atoms with Crippen LogP contribution in [0.4, 0.5) is 8.78 Å². The van der Waals surface area contributed by atoms with Gasteiger partial charge in [-0.2, -0.15) is 0 Å². The van der Waals surface area contributed by atoms with Crippen molar-refractivity contribution in [2.24, 2.45) is 0 Å². The van der Waals surface area contributed by atoms with Crippen LogP contribution in [0.15, 0.2) is 4.33 Å². The Bertz CT molecular complexity index is 148. The first-order valence-corrected chi connectivity index (χ1v) is 1.55. The number of aromatic nitrogens is 1. The van der Waals surface area contributed by atoms with Crippen LogP contribution in [0, 0.1) is 12.0 Å². The Morgan fingerprint density at radius 1 is 1.57 bits per heavy atom. The number of rotatable bonds is 0. The summed E-state index contributed by atoms with van der Waals surface area (Å²) in [5.74, 6) is -1.19. The summed E-state index contributed by atoms with van der Waals surface area (Å²) in [6.45, 7) is 0. The van der Waals surface area contributed by atoms with E-state index in [9.17, 15) is 8.78 Å². The Morgan fingerprint density at radius 3 is 2.43 bits per heavy atom. The minimum absolute atomic E-state index is 0.699. The van der Waals surface area contributed by atoms with Crippen molar-refractivity contribution < 1.29 is 13.1 Å². The molecule has 0 aliphatic carbocycles. The van der Waals surface area contributed by atoms with Gasteiger partial charge < -0.3 is 0 Å². The summed E-state index contributed by atoms with van der Waals surface area (Å²) in [5, 5.41) is 0. The van der Waals surface area contributed by atoms with Crippen LogP contribution < -0.4 is 0 Å².